The number of hydrogen-bond acceptors (Lipinski definition) is 3. The van der Waals surface area contributed by atoms with Gasteiger partial charge in [-0.15, -0.1) is 0 Å². The molecule has 0 spiro atoms. The van der Waals surface area contributed by atoms with Gasteiger partial charge in [-0.3, -0.25) is 0 Å². The highest BCUT2D eigenvalue weighted by Gasteiger charge is 2.47. The van der Waals surface area contributed by atoms with Crippen LogP contribution in [0.15, 0.2) is 12.3 Å². The molecule has 0 aromatic rings. The molecule has 0 aromatic heterocycles. The van der Waals surface area contributed by atoms with Gasteiger partial charge < -0.3 is 4.18 Å². The van der Waals surface area contributed by atoms with Crippen molar-refractivity contribution < 1.29 is 25.8 Å². The highest BCUT2D eigenvalue weighted by Crippen LogP contribution is 2.24. The first-order valence-electron chi connectivity index (χ1n) is 2.96. The lowest BCUT2D eigenvalue weighted by atomic mass is 10.5. The van der Waals surface area contributed by atoms with Gasteiger partial charge in [-0.2, -0.15) is 21.6 Å². The Balaban J connectivity index is 4.37. The van der Waals surface area contributed by atoms with Gasteiger partial charge in [-0.1, -0.05) is 6.92 Å². The lowest BCUT2D eigenvalue weighted by molar-refractivity contribution is -0.0515. The minimum absolute atomic E-state index is 0.396. The first-order chi connectivity index (χ1) is 5.31. The van der Waals surface area contributed by atoms with Gasteiger partial charge in [0.1, 0.15) is 6.26 Å². The van der Waals surface area contributed by atoms with Gasteiger partial charge >= 0.3 is 15.6 Å². The summed E-state index contributed by atoms with van der Waals surface area (Å²) in [5.74, 6) is 0. The highest BCUT2D eigenvalue weighted by atomic mass is 32.2. The van der Waals surface area contributed by atoms with Crippen LogP contribution in [0, 0.1) is 0 Å². The Morgan fingerprint density at radius 3 is 2.25 bits per heavy atom. The predicted octanol–water partition coefficient (Wildman–Crippen LogP) is 1.78. The van der Waals surface area contributed by atoms with Crippen LogP contribution in [0.3, 0.4) is 0 Å². The van der Waals surface area contributed by atoms with Crippen LogP contribution in [0.4, 0.5) is 13.2 Å². The largest absolute Gasteiger partial charge is 0.534 e. The monoisotopic (exact) mass is 204 g/mol. The van der Waals surface area contributed by atoms with Crippen LogP contribution in [0.1, 0.15) is 13.3 Å². The molecule has 0 aliphatic heterocycles. The van der Waals surface area contributed by atoms with Crippen LogP contribution < -0.4 is 0 Å². The normalized spacial score (nSPS) is 13.7. The van der Waals surface area contributed by atoms with Crippen LogP contribution in [-0.4, -0.2) is 13.9 Å². The van der Waals surface area contributed by atoms with Crippen LogP contribution in [0.2, 0.25) is 0 Å². The number of hydrogen-bond donors (Lipinski definition) is 0. The third-order valence-corrected chi connectivity index (χ3v) is 1.73. The second-order valence-electron chi connectivity index (χ2n) is 1.78. The van der Waals surface area contributed by atoms with Crippen LogP contribution in [-0.2, 0) is 14.3 Å². The zero-order chi connectivity index (χ0) is 9.83. The first kappa shape index (κ1) is 11.3. The summed E-state index contributed by atoms with van der Waals surface area (Å²) < 4.78 is 58.3. The van der Waals surface area contributed by atoms with Gasteiger partial charge in [0, 0.05) is 0 Å². The average molecular weight is 204 g/mol. The number of rotatable bonds is 3. The summed E-state index contributed by atoms with van der Waals surface area (Å²) in [6.45, 7) is 1.63. The molecule has 72 valence electrons. The second kappa shape index (κ2) is 3.79. The fourth-order valence-corrected chi connectivity index (χ4v) is 0.597. The molecule has 0 aromatic carbocycles. The molecule has 0 saturated carbocycles. The van der Waals surface area contributed by atoms with Gasteiger partial charge in [0.05, 0.1) is 0 Å². The summed E-state index contributed by atoms with van der Waals surface area (Å²) in [6.07, 6.45) is 2.06. The third-order valence-electron chi connectivity index (χ3n) is 0.798. The standard InChI is InChI=1S/C5H7F3O3S/c1-2-3-4-11-12(9,10)5(6,7)8/h3-4H,2H2,1H3/b4-3+. The summed E-state index contributed by atoms with van der Waals surface area (Å²) >= 11 is 0. The molecular weight excluding hydrogens is 197 g/mol. The van der Waals surface area contributed by atoms with Gasteiger partial charge in [0.15, 0.2) is 0 Å². The molecule has 0 saturated heterocycles. The molecule has 0 aliphatic rings. The van der Waals surface area contributed by atoms with Gasteiger partial charge in [-0.25, -0.2) is 0 Å². The summed E-state index contributed by atoms with van der Waals surface area (Å²) in [7, 11) is -5.46. The highest BCUT2D eigenvalue weighted by molar-refractivity contribution is 7.87. The second-order valence-corrected chi connectivity index (χ2v) is 3.34. The van der Waals surface area contributed by atoms with E-state index in [1.807, 2.05) is 0 Å². The molecule has 12 heavy (non-hydrogen) atoms. The minimum atomic E-state index is -5.46. The molecule has 0 unspecified atom stereocenters. The van der Waals surface area contributed by atoms with E-state index in [0.717, 1.165) is 6.08 Å². The fourth-order valence-electron chi connectivity index (χ4n) is 0.263. The van der Waals surface area contributed by atoms with E-state index in [9.17, 15) is 21.6 Å². The van der Waals surface area contributed by atoms with Gasteiger partial charge in [0.25, 0.3) is 0 Å². The maximum absolute atomic E-state index is 11.5. The smallest absolute Gasteiger partial charge is 0.384 e. The van der Waals surface area contributed by atoms with Crippen molar-refractivity contribution in [3.05, 3.63) is 12.3 Å². The molecule has 3 nitrogen and oxygen atoms in total. The van der Waals surface area contributed by atoms with Crippen LogP contribution >= 0.6 is 0 Å². The van der Waals surface area contributed by atoms with Crippen molar-refractivity contribution in [2.24, 2.45) is 0 Å². The SMILES string of the molecule is CC/C=C/OS(=O)(=O)C(F)(F)F. The molecule has 0 atom stereocenters. The molecule has 0 amide bonds. The fraction of sp³-hybridized carbons (Fsp3) is 0.600. The quantitative estimate of drug-likeness (QED) is 0.400. The zero-order valence-electron chi connectivity index (χ0n) is 6.13. The predicted molar refractivity (Wildman–Crippen MR) is 35.5 cm³/mol. The van der Waals surface area contributed by atoms with E-state index in [0.29, 0.717) is 12.7 Å². The molecule has 0 aliphatic carbocycles. The molecule has 0 heterocycles. The Kier molecular flexibility index (Phi) is 3.56. The van der Waals surface area contributed by atoms with Crippen molar-refractivity contribution in [3.63, 3.8) is 0 Å². The van der Waals surface area contributed by atoms with E-state index in [-0.39, 0.29) is 0 Å². The van der Waals surface area contributed by atoms with Crippen LogP contribution in [0.5, 0.6) is 0 Å². The van der Waals surface area contributed by atoms with E-state index in [2.05, 4.69) is 4.18 Å². The van der Waals surface area contributed by atoms with Gasteiger partial charge in [-0.05, 0) is 12.5 Å². The molecule has 0 radical (unpaired) electrons. The lowest BCUT2D eigenvalue weighted by Crippen LogP contribution is -2.23. The van der Waals surface area contributed by atoms with E-state index in [4.69, 9.17) is 0 Å². The molecular formula is C5H7F3O3S. The summed E-state index contributed by atoms with van der Waals surface area (Å²) in [5, 5.41) is 0. The van der Waals surface area contributed by atoms with Crippen molar-refractivity contribution in [1.29, 1.82) is 0 Å². The number of alkyl halides is 3. The Morgan fingerprint density at radius 1 is 1.42 bits per heavy atom. The summed E-state index contributed by atoms with van der Waals surface area (Å²) in [6, 6.07) is 0. The minimum Gasteiger partial charge on any atom is -0.384 e. The maximum atomic E-state index is 11.5. The molecule has 7 heteroatoms. The Hall–Kier alpha value is -0.720. The molecule has 0 fully saturated rings. The molecule has 0 bridgehead atoms. The number of allylic oxidation sites excluding steroid dienone is 1. The average Bonchev–Trinajstić information content (AvgIpc) is 1.85. The van der Waals surface area contributed by atoms with Crippen molar-refractivity contribution >= 4 is 10.1 Å². The van der Waals surface area contributed by atoms with Crippen molar-refractivity contribution in [2.75, 3.05) is 0 Å². The van der Waals surface area contributed by atoms with E-state index in [1.54, 1.807) is 6.92 Å². The van der Waals surface area contributed by atoms with Crippen LogP contribution in [0.25, 0.3) is 0 Å². The van der Waals surface area contributed by atoms with Crippen molar-refractivity contribution in [1.82, 2.24) is 0 Å². The number of halogens is 3. The Bertz CT molecular complexity index is 252. The lowest BCUT2D eigenvalue weighted by Gasteiger charge is -2.04. The van der Waals surface area contributed by atoms with Crippen molar-refractivity contribution in [3.8, 4) is 0 Å². The summed E-state index contributed by atoms with van der Waals surface area (Å²) in [4.78, 5) is 0. The van der Waals surface area contributed by atoms with E-state index >= 15 is 0 Å². The maximum Gasteiger partial charge on any atom is 0.534 e. The third kappa shape index (κ3) is 3.12. The van der Waals surface area contributed by atoms with E-state index < -0.39 is 15.6 Å². The summed E-state index contributed by atoms with van der Waals surface area (Å²) in [5.41, 5.74) is -5.36. The Labute approximate surface area is 68.0 Å². The Morgan fingerprint density at radius 2 is 1.92 bits per heavy atom. The molecule has 0 rings (SSSR count). The van der Waals surface area contributed by atoms with Crippen molar-refractivity contribution in [2.45, 2.75) is 18.9 Å². The van der Waals surface area contributed by atoms with E-state index in [1.165, 1.54) is 0 Å². The molecule has 0 N–H and O–H groups in total. The first-order valence-corrected chi connectivity index (χ1v) is 4.36. The van der Waals surface area contributed by atoms with Gasteiger partial charge in [0.2, 0.25) is 0 Å². The topological polar surface area (TPSA) is 43.4 Å². The zero-order valence-corrected chi connectivity index (χ0v) is 6.95.